The van der Waals surface area contributed by atoms with Gasteiger partial charge in [-0.1, -0.05) is 45.0 Å². The molecule has 0 saturated heterocycles. The molecule has 0 fully saturated rings. The monoisotopic (exact) mass is 299 g/mol. The number of ether oxygens (including phenoxy) is 1. The summed E-state index contributed by atoms with van der Waals surface area (Å²) in [6.45, 7) is 8.13. The molecule has 0 aliphatic rings. The molecule has 4 nitrogen and oxygen atoms in total. The molecule has 1 aromatic heterocycles. The number of likely N-dealkylation sites (N-methyl/N-ethyl adjacent to an activating group) is 1. The lowest BCUT2D eigenvalue weighted by molar-refractivity contribution is 0.260. The van der Waals surface area contributed by atoms with Crippen LogP contribution in [-0.4, -0.2) is 42.1 Å². The summed E-state index contributed by atoms with van der Waals surface area (Å²) in [5.41, 5.74) is 2.48. The number of aromatic nitrogens is 2. The van der Waals surface area contributed by atoms with Gasteiger partial charge in [-0.05, 0) is 25.1 Å². The maximum absolute atomic E-state index is 5.60. The van der Waals surface area contributed by atoms with Crippen molar-refractivity contribution in [3.63, 3.8) is 0 Å². The molecule has 0 unspecified atom stereocenters. The number of rotatable bonds is 5. The maximum Gasteiger partial charge on any atom is 0.159 e. The Kier molecular flexibility index (Phi) is 5.14. The molecule has 0 saturated carbocycles. The first-order chi connectivity index (χ1) is 10.4. The van der Waals surface area contributed by atoms with Gasteiger partial charge in [0.05, 0.1) is 12.4 Å². The van der Waals surface area contributed by atoms with Gasteiger partial charge in [0.1, 0.15) is 6.61 Å². The van der Waals surface area contributed by atoms with Crippen molar-refractivity contribution in [2.75, 3.05) is 27.2 Å². The summed E-state index contributed by atoms with van der Waals surface area (Å²) >= 11 is 0. The van der Waals surface area contributed by atoms with E-state index < -0.39 is 0 Å². The Morgan fingerprint density at radius 1 is 1.00 bits per heavy atom. The van der Waals surface area contributed by atoms with Gasteiger partial charge in [-0.15, -0.1) is 0 Å². The average Bonchev–Trinajstić information content (AvgIpc) is 2.47. The molecule has 0 radical (unpaired) electrons. The predicted octanol–water partition coefficient (Wildman–Crippen LogP) is 3.38. The highest BCUT2D eigenvalue weighted by atomic mass is 16.5. The molecule has 0 atom stereocenters. The Morgan fingerprint density at radius 3 is 2.09 bits per heavy atom. The van der Waals surface area contributed by atoms with E-state index in [4.69, 9.17) is 4.74 Å². The van der Waals surface area contributed by atoms with E-state index in [0.29, 0.717) is 12.4 Å². The Balaban J connectivity index is 2.04. The minimum atomic E-state index is 0.156. The number of hydrogen-bond donors (Lipinski definition) is 0. The van der Waals surface area contributed by atoms with Gasteiger partial charge in [0.2, 0.25) is 0 Å². The molecule has 0 aliphatic carbocycles. The lowest BCUT2D eigenvalue weighted by Gasteiger charge is -2.19. The molecule has 4 heteroatoms. The summed E-state index contributed by atoms with van der Waals surface area (Å²) < 4.78 is 5.60. The zero-order chi connectivity index (χ0) is 16.2. The minimum Gasteiger partial charge on any atom is -0.489 e. The minimum absolute atomic E-state index is 0.156. The van der Waals surface area contributed by atoms with Crippen molar-refractivity contribution in [1.29, 1.82) is 0 Å². The van der Waals surface area contributed by atoms with Crippen LogP contribution < -0.4 is 4.74 Å². The lowest BCUT2D eigenvalue weighted by atomic mass is 9.87. The van der Waals surface area contributed by atoms with E-state index in [-0.39, 0.29) is 5.41 Å². The third kappa shape index (κ3) is 4.53. The molecule has 0 N–H and O–H groups in total. The van der Waals surface area contributed by atoms with Crippen LogP contribution in [0.1, 0.15) is 26.3 Å². The molecule has 2 rings (SSSR count). The van der Waals surface area contributed by atoms with Crippen molar-refractivity contribution >= 4 is 0 Å². The molecular formula is C18H25N3O. The third-order valence-electron chi connectivity index (χ3n) is 3.44. The van der Waals surface area contributed by atoms with Gasteiger partial charge in [0, 0.05) is 12.1 Å². The number of benzene rings is 1. The average molecular weight is 299 g/mol. The zero-order valence-electron chi connectivity index (χ0n) is 14.1. The van der Waals surface area contributed by atoms with Crippen molar-refractivity contribution in [1.82, 2.24) is 14.9 Å². The van der Waals surface area contributed by atoms with E-state index >= 15 is 0 Å². The summed E-state index contributed by atoms with van der Waals surface area (Å²) in [4.78, 5) is 10.9. The normalized spacial score (nSPS) is 11.7. The molecule has 0 aliphatic heterocycles. The molecule has 1 aromatic carbocycles. The summed E-state index contributed by atoms with van der Waals surface area (Å²) in [5.74, 6) is 1.43. The van der Waals surface area contributed by atoms with Crippen molar-refractivity contribution < 1.29 is 4.74 Å². The van der Waals surface area contributed by atoms with Crippen LogP contribution in [-0.2, 0) is 5.41 Å². The highest BCUT2D eigenvalue weighted by Crippen LogP contribution is 2.24. The van der Waals surface area contributed by atoms with Crippen LogP contribution in [0.25, 0.3) is 11.4 Å². The molecular weight excluding hydrogens is 274 g/mol. The van der Waals surface area contributed by atoms with Crippen molar-refractivity contribution in [3.05, 3.63) is 42.2 Å². The van der Waals surface area contributed by atoms with E-state index in [2.05, 4.69) is 59.9 Å². The molecule has 1 heterocycles. The Labute approximate surface area is 133 Å². The van der Waals surface area contributed by atoms with Gasteiger partial charge in [-0.2, -0.15) is 0 Å². The van der Waals surface area contributed by atoms with Gasteiger partial charge >= 0.3 is 0 Å². The van der Waals surface area contributed by atoms with Crippen LogP contribution in [0.3, 0.4) is 0 Å². The first-order valence-electron chi connectivity index (χ1n) is 7.57. The van der Waals surface area contributed by atoms with E-state index in [9.17, 15) is 0 Å². The van der Waals surface area contributed by atoms with E-state index in [0.717, 1.165) is 17.9 Å². The first kappa shape index (κ1) is 16.4. The Morgan fingerprint density at radius 2 is 1.59 bits per heavy atom. The topological polar surface area (TPSA) is 38.2 Å². The highest BCUT2D eigenvalue weighted by Gasteiger charge is 2.13. The fourth-order valence-electron chi connectivity index (χ4n) is 2.01. The van der Waals surface area contributed by atoms with Crippen LogP contribution in [0.4, 0.5) is 0 Å². The van der Waals surface area contributed by atoms with Crippen molar-refractivity contribution in [2.24, 2.45) is 0 Å². The largest absolute Gasteiger partial charge is 0.489 e. The van der Waals surface area contributed by atoms with Crippen LogP contribution >= 0.6 is 0 Å². The Hall–Kier alpha value is -1.94. The highest BCUT2D eigenvalue weighted by molar-refractivity contribution is 5.55. The van der Waals surface area contributed by atoms with Crippen molar-refractivity contribution in [2.45, 2.75) is 26.2 Å². The van der Waals surface area contributed by atoms with Gasteiger partial charge < -0.3 is 9.64 Å². The smallest absolute Gasteiger partial charge is 0.159 e. The van der Waals surface area contributed by atoms with E-state index in [1.807, 2.05) is 14.1 Å². The summed E-state index contributed by atoms with van der Waals surface area (Å²) in [5, 5.41) is 0. The third-order valence-corrected chi connectivity index (χ3v) is 3.44. The van der Waals surface area contributed by atoms with E-state index in [1.54, 1.807) is 12.4 Å². The quantitative estimate of drug-likeness (QED) is 0.848. The number of nitrogens with zero attached hydrogens (tertiary/aromatic N) is 3. The maximum atomic E-state index is 5.60. The summed E-state index contributed by atoms with van der Waals surface area (Å²) in [6, 6.07) is 8.42. The summed E-state index contributed by atoms with van der Waals surface area (Å²) in [7, 11) is 4.04. The van der Waals surface area contributed by atoms with Crippen LogP contribution in [0, 0.1) is 0 Å². The zero-order valence-corrected chi connectivity index (χ0v) is 14.1. The first-order valence-corrected chi connectivity index (χ1v) is 7.57. The fraction of sp³-hybridized carbons (Fsp3) is 0.444. The SMILES string of the molecule is CN(C)CCOc1cnc(-c2ccc(C(C)(C)C)cc2)nc1. The molecule has 0 bridgehead atoms. The standard InChI is InChI=1S/C18H25N3O/c1-18(2,3)15-8-6-14(7-9-15)17-19-12-16(13-20-17)22-11-10-21(4)5/h6-9,12-13H,10-11H2,1-5H3. The molecule has 0 amide bonds. The second-order valence-corrected chi connectivity index (χ2v) is 6.72. The van der Waals surface area contributed by atoms with Gasteiger partial charge in [-0.25, -0.2) is 9.97 Å². The second kappa shape index (κ2) is 6.88. The lowest BCUT2D eigenvalue weighted by Crippen LogP contribution is -2.19. The van der Waals surface area contributed by atoms with Crippen LogP contribution in [0.5, 0.6) is 5.75 Å². The van der Waals surface area contributed by atoms with Gasteiger partial charge in [-0.3, -0.25) is 0 Å². The predicted molar refractivity (Wildman–Crippen MR) is 90.2 cm³/mol. The second-order valence-electron chi connectivity index (χ2n) is 6.72. The van der Waals surface area contributed by atoms with Crippen LogP contribution in [0.2, 0.25) is 0 Å². The van der Waals surface area contributed by atoms with Crippen molar-refractivity contribution in [3.8, 4) is 17.1 Å². The Bertz CT molecular complexity index is 583. The van der Waals surface area contributed by atoms with Gasteiger partial charge in [0.25, 0.3) is 0 Å². The van der Waals surface area contributed by atoms with Gasteiger partial charge in [0.15, 0.2) is 11.6 Å². The molecule has 118 valence electrons. The van der Waals surface area contributed by atoms with E-state index in [1.165, 1.54) is 5.56 Å². The fourth-order valence-corrected chi connectivity index (χ4v) is 2.01. The number of hydrogen-bond acceptors (Lipinski definition) is 4. The molecule has 22 heavy (non-hydrogen) atoms. The summed E-state index contributed by atoms with van der Waals surface area (Å²) in [6.07, 6.45) is 3.46. The molecule has 0 spiro atoms. The van der Waals surface area contributed by atoms with Crippen LogP contribution in [0.15, 0.2) is 36.7 Å². The molecule has 2 aromatic rings.